The first kappa shape index (κ1) is 13.9. The predicted octanol–water partition coefficient (Wildman–Crippen LogP) is 3.91. The van der Waals surface area contributed by atoms with Crippen LogP contribution in [0.1, 0.15) is 34.3 Å². The fourth-order valence-corrected chi connectivity index (χ4v) is 3.02. The molecule has 2 nitrogen and oxygen atoms in total. The second kappa shape index (κ2) is 5.38. The van der Waals surface area contributed by atoms with Gasteiger partial charge in [-0.3, -0.25) is 0 Å². The first-order chi connectivity index (χ1) is 10.1. The minimum Gasteiger partial charge on any atom is -0.387 e. The van der Waals surface area contributed by atoms with Gasteiger partial charge in [-0.1, -0.05) is 42.5 Å². The van der Waals surface area contributed by atoms with Gasteiger partial charge in [0.15, 0.2) is 0 Å². The van der Waals surface area contributed by atoms with Crippen molar-refractivity contribution in [3.63, 3.8) is 0 Å². The summed E-state index contributed by atoms with van der Waals surface area (Å²) in [6, 6.07) is 14.5. The van der Waals surface area contributed by atoms with Gasteiger partial charge in [0.2, 0.25) is 0 Å². The highest BCUT2D eigenvalue weighted by Crippen LogP contribution is 2.40. The number of aliphatic hydroxyl groups is 1. The van der Waals surface area contributed by atoms with E-state index in [1.54, 1.807) is 0 Å². The maximum absolute atomic E-state index is 10.7. The number of aliphatic hydroxyl groups excluding tert-OH is 1. The third kappa shape index (κ3) is 2.47. The second-order valence-electron chi connectivity index (χ2n) is 5.89. The molecular formula is C19H21NO. The molecule has 0 fully saturated rings. The first-order valence-electron chi connectivity index (χ1n) is 7.31. The normalized spacial score (nSPS) is 20.2. The SMILES string of the molecule is Cc1cc(N(C)C)ccc1[C@H]1C=Cc2ccccc2[C@@H]1O. The minimum atomic E-state index is -0.477. The van der Waals surface area contributed by atoms with Crippen molar-refractivity contribution in [1.29, 1.82) is 0 Å². The first-order valence-corrected chi connectivity index (χ1v) is 7.31. The zero-order valence-electron chi connectivity index (χ0n) is 12.7. The van der Waals surface area contributed by atoms with Crippen molar-refractivity contribution >= 4 is 11.8 Å². The van der Waals surface area contributed by atoms with Crippen LogP contribution in [-0.4, -0.2) is 19.2 Å². The molecule has 0 aliphatic heterocycles. The van der Waals surface area contributed by atoms with Crippen LogP contribution in [0.25, 0.3) is 6.08 Å². The van der Waals surface area contributed by atoms with Crippen molar-refractivity contribution in [2.45, 2.75) is 18.9 Å². The molecule has 0 bridgehead atoms. The molecule has 1 aliphatic rings. The smallest absolute Gasteiger partial charge is 0.0899 e. The van der Waals surface area contributed by atoms with E-state index in [1.165, 1.54) is 16.8 Å². The van der Waals surface area contributed by atoms with Gasteiger partial charge in [0.25, 0.3) is 0 Å². The molecule has 2 atom stereocenters. The lowest BCUT2D eigenvalue weighted by Crippen LogP contribution is -2.15. The average molecular weight is 279 g/mol. The van der Waals surface area contributed by atoms with Gasteiger partial charge >= 0.3 is 0 Å². The van der Waals surface area contributed by atoms with Crippen molar-refractivity contribution in [2.24, 2.45) is 0 Å². The van der Waals surface area contributed by atoms with E-state index >= 15 is 0 Å². The number of hydrogen-bond donors (Lipinski definition) is 1. The van der Waals surface area contributed by atoms with Crippen LogP contribution in [0.4, 0.5) is 5.69 Å². The average Bonchev–Trinajstić information content (AvgIpc) is 2.48. The molecule has 2 aromatic rings. The number of fused-ring (bicyclic) bond motifs is 1. The van der Waals surface area contributed by atoms with Gasteiger partial charge in [-0.25, -0.2) is 0 Å². The lowest BCUT2D eigenvalue weighted by Gasteiger charge is -2.28. The maximum Gasteiger partial charge on any atom is 0.0899 e. The summed E-state index contributed by atoms with van der Waals surface area (Å²) in [5.41, 5.74) is 5.73. The highest BCUT2D eigenvalue weighted by molar-refractivity contribution is 5.61. The fraction of sp³-hybridized carbons (Fsp3) is 0.263. The fourth-order valence-electron chi connectivity index (χ4n) is 3.02. The van der Waals surface area contributed by atoms with E-state index in [1.807, 2.05) is 38.4 Å². The molecule has 0 aromatic heterocycles. The van der Waals surface area contributed by atoms with E-state index in [2.05, 4.69) is 42.2 Å². The lowest BCUT2D eigenvalue weighted by atomic mass is 9.81. The Morgan fingerprint density at radius 1 is 1.00 bits per heavy atom. The van der Waals surface area contributed by atoms with E-state index in [0.29, 0.717) is 0 Å². The Hall–Kier alpha value is -2.06. The van der Waals surface area contributed by atoms with Crippen molar-refractivity contribution in [1.82, 2.24) is 0 Å². The lowest BCUT2D eigenvalue weighted by molar-refractivity contribution is 0.160. The molecule has 0 saturated carbocycles. The molecule has 2 aromatic carbocycles. The molecular weight excluding hydrogens is 258 g/mol. The predicted molar refractivity (Wildman–Crippen MR) is 88.7 cm³/mol. The van der Waals surface area contributed by atoms with Crippen LogP contribution in [0, 0.1) is 6.92 Å². The number of aryl methyl sites for hydroxylation is 1. The summed E-state index contributed by atoms with van der Waals surface area (Å²) in [5, 5.41) is 10.7. The molecule has 21 heavy (non-hydrogen) atoms. The van der Waals surface area contributed by atoms with Gasteiger partial charge in [0.05, 0.1) is 6.10 Å². The zero-order valence-corrected chi connectivity index (χ0v) is 12.7. The molecule has 0 heterocycles. The van der Waals surface area contributed by atoms with E-state index in [4.69, 9.17) is 0 Å². The second-order valence-corrected chi connectivity index (χ2v) is 5.89. The van der Waals surface area contributed by atoms with Crippen LogP contribution in [0.5, 0.6) is 0 Å². The molecule has 3 rings (SSSR count). The van der Waals surface area contributed by atoms with Crippen LogP contribution >= 0.6 is 0 Å². The number of nitrogens with zero attached hydrogens (tertiary/aromatic N) is 1. The summed E-state index contributed by atoms with van der Waals surface area (Å²) in [6.45, 7) is 2.11. The van der Waals surface area contributed by atoms with Crippen molar-refractivity contribution in [2.75, 3.05) is 19.0 Å². The van der Waals surface area contributed by atoms with E-state index < -0.39 is 6.10 Å². The van der Waals surface area contributed by atoms with Crippen LogP contribution in [0.15, 0.2) is 48.5 Å². The van der Waals surface area contributed by atoms with Crippen LogP contribution in [-0.2, 0) is 0 Å². The molecule has 0 spiro atoms. The van der Waals surface area contributed by atoms with Gasteiger partial charge in [0.1, 0.15) is 0 Å². The van der Waals surface area contributed by atoms with Gasteiger partial charge in [-0.15, -0.1) is 0 Å². The zero-order chi connectivity index (χ0) is 15.0. The summed E-state index contributed by atoms with van der Waals surface area (Å²) in [7, 11) is 4.08. The Morgan fingerprint density at radius 3 is 2.48 bits per heavy atom. The molecule has 2 heteroatoms. The number of benzene rings is 2. The topological polar surface area (TPSA) is 23.5 Å². The Bertz CT molecular complexity index is 688. The van der Waals surface area contributed by atoms with E-state index in [9.17, 15) is 5.11 Å². The van der Waals surface area contributed by atoms with E-state index in [0.717, 1.165) is 11.1 Å². The Morgan fingerprint density at radius 2 is 1.76 bits per heavy atom. The third-order valence-electron chi connectivity index (χ3n) is 4.27. The molecule has 1 N–H and O–H groups in total. The Kier molecular flexibility index (Phi) is 3.56. The maximum atomic E-state index is 10.7. The standard InChI is InChI=1S/C19H21NO/c1-13-12-15(20(2)3)9-11-16(13)18-10-8-14-6-4-5-7-17(14)19(18)21/h4-12,18-19,21H,1-3H3/t18-,19+/m1/s1. The van der Waals surface area contributed by atoms with Gasteiger partial charge in [-0.05, 0) is 41.3 Å². The highest BCUT2D eigenvalue weighted by atomic mass is 16.3. The third-order valence-corrected chi connectivity index (χ3v) is 4.27. The summed E-state index contributed by atoms with van der Waals surface area (Å²) >= 11 is 0. The summed E-state index contributed by atoms with van der Waals surface area (Å²) in [5.74, 6) is 0.0242. The summed E-state index contributed by atoms with van der Waals surface area (Å²) in [6.07, 6.45) is 3.76. The quantitative estimate of drug-likeness (QED) is 0.901. The highest BCUT2D eigenvalue weighted by Gasteiger charge is 2.26. The Labute approximate surface area is 126 Å². The number of anilines is 1. The number of hydrogen-bond acceptors (Lipinski definition) is 2. The molecule has 0 amide bonds. The molecule has 0 saturated heterocycles. The summed E-state index contributed by atoms with van der Waals surface area (Å²) in [4.78, 5) is 2.10. The molecule has 0 unspecified atom stereocenters. The molecule has 0 radical (unpaired) electrons. The van der Waals surface area contributed by atoms with Crippen molar-refractivity contribution < 1.29 is 5.11 Å². The molecule has 108 valence electrons. The molecule has 1 aliphatic carbocycles. The Balaban J connectivity index is 1.99. The van der Waals surface area contributed by atoms with Gasteiger partial charge in [0, 0.05) is 25.7 Å². The van der Waals surface area contributed by atoms with Crippen LogP contribution < -0.4 is 4.90 Å². The van der Waals surface area contributed by atoms with E-state index in [-0.39, 0.29) is 5.92 Å². The van der Waals surface area contributed by atoms with Gasteiger partial charge < -0.3 is 10.0 Å². The largest absolute Gasteiger partial charge is 0.387 e. The van der Waals surface area contributed by atoms with Crippen LogP contribution in [0.2, 0.25) is 0 Å². The minimum absolute atomic E-state index is 0.0242. The monoisotopic (exact) mass is 279 g/mol. The number of rotatable bonds is 2. The van der Waals surface area contributed by atoms with Gasteiger partial charge in [-0.2, -0.15) is 0 Å². The van der Waals surface area contributed by atoms with Crippen molar-refractivity contribution in [3.8, 4) is 0 Å². The van der Waals surface area contributed by atoms with Crippen LogP contribution in [0.3, 0.4) is 0 Å². The van der Waals surface area contributed by atoms with Crippen molar-refractivity contribution in [3.05, 3.63) is 70.8 Å². The summed E-state index contributed by atoms with van der Waals surface area (Å²) < 4.78 is 0.